The van der Waals surface area contributed by atoms with E-state index in [2.05, 4.69) is 26.8 Å². The number of carbonyl (C=O) groups excluding carboxylic acids is 1. The molecule has 1 aromatic carbocycles. The highest BCUT2D eigenvalue weighted by Gasteiger charge is 2.30. The standard InChI is InChI=1S/C18H13F3N4O/c1-2-15(26)23-10-14-24-13-4-3-9-22-17(13)16(25-14)11-5-7-12(8-6-11)18(19,20)21/h2-9H,1,10H2,(H,23,26). The van der Waals surface area contributed by atoms with E-state index in [1.54, 1.807) is 18.3 Å². The maximum absolute atomic E-state index is 12.8. The second-order valence-electron chi connectivity index (χ2n) is 5.36. The van der Waals surface area contributed by atoms with Gasteiger partial charge in [0.15, 0.2) is 0 Å². The first-order chi connectivity index (χ1) is 12.4. The average Bonchev–Trinajstić information content (AvgIpc) is 2.64. The summed E-state index contributed by atoms with van der Waals surface area (Å²) in [7, 11) is 0. The van der Waals surface area contributed by atoms with Crippen molar-refractivity contribution in [3.05, 3.63) is 66.6 Å². The fraction of sp³-hybridized carbons (Fsp3) is 0.111. The lowest BCUT2D eigenvalue weighted by atomic mass is 10.1. The van der Waals surface area contributed by atoms with Crippen molar-refractivity contribution in [1.82, 2.24) is 20.3 Å². The van der Waals surface area contributed by atoms with Crippen LogP contribution in [0.5, 0.6) is 0 Å². The summed E-state index contributed by atoms with van der Waals surface area (Å²) < 4.78 is 38.3. The number of rotatable bonds is 4. The number of alkyl halides is 3. The number of pyridine rings is 1. The van der Waals surface area contributed by atoms with Gasteiger partial charge in [-0.2, -0.15) is 13.2 Å². The molecule has 1 N–H and O–H groups in total. The number of aromatic nitrogens is 3. The van der Waals surface area contributed by atoms with Gasteiger partial charge in [0, 0.05) is 11.8 Å². The van der Waals surface area contributed by atoms with Crippen LogP contribution in [0.4, 0.5) is 13.2 Å². The summed E-state index contributed by atoms with van der Waals surface area (Å²) in [6.07, 6.45) is -1.73. The molecule has 0 bridgehead atoms. The highest BCUT2D eigenvalue weighted by Crippen LogP contribution is 2.31. The highest BCUT2D eigenvalue weighted by atomic mass is 19.4. The minimum atomic E-state index is -4.41. The second-order valence-corrected chi connectivity index (χ2v) is 5.36. The van der Waals surface area contributed by atoms with Gasteiger partial charge in [0.25, 0.3) is 0 Å². The number of fused-ring (bicyclic) bond motifs is 1. The van der Waals surface area contributed by atoms with Gasteiger partial charge in [0.1, 0.15) is 17.0 Å². The Hall–Kier alpha value is -3.29. The van der Waals surface area contributed by atoms with Crippen molar-refractivity contribution in [2.45, 2.75) is 12.7 Å². The molecule has 0 aliphatic heterocycles. The number of hydrogen-bond acceptors (Lipinski definition) is 4. The molecule has 2 heterocycles. The minimum Gasteiger partial charge on any atom is -0.345 e. The first kappa shape index (κ1) is 17.5. The third-order valence-electron chi connectivity index (χ3n) is 3.59. The summed E-state index contributed by atoms with van der Waals surface area (Å²) in [5.74, 6) is -0.0634. The van der Waals surface area contributed by atoms with Gasteiger partial charge in [-0.05, 0) is 30.3 Å². The molecule has 0 aliphatic rings. The summed E-state index contributed by atoms with van der Waals surface area (Å²) in [6, 6.07) is 8.07. The zero-order valence-electron chi connectivity index (χ0n) is 13.4. The van der Waals surface area contributed by atoms with Gasteiger partial charge in [-0.1, -0.05) is 18.7 Å². The van der Waals surface area contributed by atoms with Crippen LogP contribution in [0.2, 0.25) is 0 Å². The molecule has 0 aliphatic carbocycles. The number of halogens is 3. The second kappa shape index (κ2) is 6.91. The van der Waals surface area contributed by atoms with Crippen LogP contribution in [0.15, 0.2) is 55.3 Å². The summed E-state index contributed by atoms with van der Waals surface area (Å²) in [5, 5.41) is 2.57. The number of carbonyl (C=O) groups is 1. The Kier molecular flexibility index (Phi) is 4.66. The first-order valence-corrected chi connectivity index (χ1v) is 7.58. The molecule has 3 aromatic rings. The van der Waals surface area contributed by atoms with Crippen LogP contribution in [0, 0.1) is 0 Å². The van der Waals surface area contributed by atoms with Crippen molar-refractivity contribution in [3.8, 4) is 11.3 Å². The van der Waals surface area contributed by atoms with Crippen molar-refractivity contribution in [2.75, 3.05) is 0 Å². The van der Waals surface area contributed by atoms with E-state index in [1.165, 1.54) is 12.1 Å². The van der Waals surface area contributed by atoms with Gasteiger partial charge >= 0.3 is 6.18 Å². The Morgan fingerprint density at radius 3 is 2.54 bits per heavy atom. The van der Waals surface area contributed by atoms with Crippen LogP contribution >= 0.6 is 0 Å². The lowest BCUT2D eigenvalue weighted by Crippen LogP contribution is -2.21. The first-order valence-electron chi connectivity index (χ1n) is 7.58. The molecule has 0 atom stereocenters. The van der Waals surface area contributed by atoms with E-state index in [-0.39, 0.29) is 12.5 Å². The van der Waals surface area contributed by atoms with Gasteiger partial charge in [-0.3, -0.25) is 9.78 Å². The molecule has 0 saturated carbocycles. The third kappa shape index (κ3) is 3.69. The number of amides is 1. The van der Waals surface area contributed by atoms with E-state index >= 15 is 0 Å². The van der Waals surface area contributed by atoms with Gasteiger partial charge in [0.05, 0.1) is 17.6 Å². The fourth-order valence-corrected chi connectivity index (χ4v) is 2.35. The summed E-state index contributed by atoms with van der Waals surface area (Å²) in [5.41, 5.74) is 1.12. The molecule has 0 fully saturated rings. The molecule has 0 spiro atoms. The van der Waals surface area contributed by atoms with E-state index in [9.17, 15) is 18.0 Å². The Labute approximate surface area is 146 Å². The van der Waals surface area contributed by atoms with Crippen molar-refractivity contribution in [3.63, 3.8) is 0 Å². The predicted octanol–water partition coefficient (Wildman–Crippen LogP) is 3.51. The average molecular weight is 358 g/mol. The van der Waals surface area contributed by atoms with Crippen LogP contribution in [0.25, 0.3) is 22.3 Å². The summed E-state index contributed by atoms with van der Waals surface area (Å²) in [4.78, 5) is 24.2. The lowest BCUT2D eigenvalue weighted by molar-refractivity contribution is -0.137. The van der Waals surface area contributed by atoms with E-state index in [0.717, 1.165) is 18.2 Å². The van der Waals surface area contributed by atoms with Gasteiger partial charge < -0.3 is 5.32 Å². The third-order valence-corrected chi connectivity index (χ3v) is 3.59. The van der Waals surface area contributed by atoms with Crippen LogP contribution in [0.1, 0.15) is 11.4 Å². The SMILES string of the molecule is C=CC(=O)NCc1nc(-c2ccc(C(F)(F)F)cc2)c2ncccc2n1. The molecule has 26 heavy (non-hydrogen) atoms. The molecule has 0 saturated heterocycles. The molecule has 0 radical (unpaired) electrons. The molecule has 8 heteroatoms. The molecule has 0 unspecified atom stereocenters. The normalized spacial score (nSPS) is 11.3. The minimum absolute atomic E-state index is 0.0589. The van der Waals surface area contributed by atoms with E-state index in [1.807, 2.05) is 0 Å². The molecular weight excluding hydrogens is 345 g/mol. The molecule has 3 rings (SSSR count). The number of nitrogens with zero attached hydrogens (tertiary/aromatic N) is 3. The van der Waals surface area contributed by atoms with Crippen LogP contribution in [0.3, 0.4) is 0 Å². The maximum Gasteiger partial charge on any atom is 0.416 e. The quantitative estimate of drug-likeness (QED) is 0.725. The van der Waals surface area contributed by atoms with Gasteiger partial charge in [0.2, 0.25) is 5.91 Å². The molecular formula is C18H13F3N4O. The highest BCUT2D eigenvalue weighted by molar-refractivity contribution is 5.89. The number of benzene rings is 1. The van der Waals surface area contributed by atoms with E-state index in [4.69, 9.17) is 0 Å². The van der Waals surface area contributed by atoms with Crippen LogP contribution in [-0.4, -0.2) is 20.9 Å². The van der Waals surface area contributed by atoms with E-state index < -0.39 is 11.7 Å². The van der Waals surface area contributed by atoms with Crippen LogP contribution in [-0.2, 0) is 17.5 Å². The van der Waals surface area contributed by atoms with E-state index in [0.29, 0.717) is 28.1 Å². The molecule has 1 amide bonds. The van der Waals surface area contributed by atoms with Crippen molar-refractivity contribution < 1.29 is 18.0 Å². The number of hydrogen-bond donors (Lipinski definition) is 1. The van der Waals surface area contributed by atoms with Crippen molar-refractivity contribution in [2.24, 2.45) is 0 Å². The van der Waals surface area contributed by atoms with Gasteiger partial charge in [-0.25, -0.2) is 9.97 Å². The Morgan fingerprint density at radius 1 is 1.15 bits per heavy atom. The number of nitrogens with one attached hydrogen (secondary N) is 1. The Balaban J connectivity index is 2.05. The fourth-order valence-electron chi connectivity index (χ4n) is 2.35. The molecule has 5 nitrogen and oxygen atoms in total. The predicted molar refractivity (Wildman–Crippen MR) is 89.8 cm³/mol. The Morgan fingerprint density at radius 2 is 1.88 bits per heavy atom. The maximum atomic E-state index is 12.8. The van der Waals surface area contributed by atoms with Crippen molar-refractivity contribution >= 4 is 16.9 Å². The molecule has 132 valence electrons. The summed E-state index contributed by atoms with van der Waals surface area (Å²) >= 11 is 0. The smallest absolute Gasteiger partial charge is 0.345 e. The van der Waals surface area contributed by atoms with Crippen LogP contribution < -0.4 is 5.32 Å². The van der Waals surface area contributed by atoms with Crippen molar-refractivity contribution in [1.29, 1.82) is 0 Å². The molecule has 2 aromatic heterocycles. The monoisotopic (exact) mass is 358 g/mol. The lowest BCUT2D eigenvalue weighted by Gasteiger charge is -2.10. The zero-order valence-corrected chi connectivity index (χ0v) is 13.4. The topological polar surface area (TPSA) is 67.8 Å². The largest absolute Gasteiger partial charge is 0.416 e. The zero-order chi connectivity index (χ0) is 18.7. The summed E-state index contributed by atoms with van der Waals surface area (Å²) in [6.45, 7) is 3.42. The Bertz CT molecular complexity index is 968. The van der Waals surface area contributed by atoms with Gasteiger partial charge in [-0.15, -0.1) is 0 Å².